The fourth-order valence-corrected chi connectivity index (χ4v) is 5.15. The Morgan fingerprint density at radius 2 is 1.80 bits per heavy atom. The lowest BCUT2D eigenvalue weighted by atomic mass is 9.81. The molecule has 2 aliphatic heterocycles. The molecule has 162 valence electrons. The maximum atomic E-state index is 12.8. The van der Waals surface area contributed by atoms with Crippen molar-refractivity contribution >= 4 is 17.7 Å². The summed E-state index contributed by atoms with van der Waals surface area (Å²) in [7, 11) is 0. The zero-order valence-electron chi connectivity index (χ0n) is 18.3. The third-order valence-corrected chi connectivity index (χ3v) is 6.87. The van der Waals surface area contributed by atoms with Gasteiger partial charge in [0.1, 0.15) is 0 Å². The maximum Gasteiger partial charge on any atom is 0.254 e. The number of benzene rings is 1. The summed E-state index contributed by atoms with van der Waals surface area (Å²) in [6, 6.07) is 7.76. The smallest absolute Gasteiger partial charge is 0.254 e. The van der Waals surface area contributed by atoms with Crippen molar-refractivity contribution in [2.75, 3.05) is 13.1 Å². The molecule has 1 aromatic carbocycles. The van der Waals surface area contributed by atoms with Gasteiger partial charge in [-0.3, -0.25) is 14.4 Å². The van der Waals surface area contributed by atoms with E-state index in [-0.39, 0.29) is 35.2 Å². The Hall–Kier alpha value is -2.37. The second-order valence-electron chi connectivity index (χ2n) is 10.1. The van der Waals surface area contributed by atoms with Gasteiger partial charge in [0.2, 0.25) is 11.8 Å². The quantitative estimate of drug-likeness (QED) is 0.828. The van der Waals surface area contributed by atoms with E-state index >= 15 is 0 Å². The van der Waals surface area contributed by atoms with Crippen molar-refractivity contribution in [1.82, 2.24) is 15.1 Å². The summed E-state index contributed by atoms with van der Waals surface area (Å²) in [5.41, 5.74) is 1.74. The van der Waals surface area contributed by atoms with E-state index in [9.17, 15) is 14.4 Å². The van der Waals surface area contributed by atoms with Gasteiger partial charge in [-0.1, -0.05) is 18.2 Å². The summed E-state index contributed by atoms with van der Waals surface area (Å²) in [5.74, 6) is 0.822. The molecule has 3 aliphatic rings. The molecule has 6 heteroatoms. The summed E-state index contributed by atoms with van der Waals surface area (Å²) in [6.07, 6.45) is 4.05. The fraction of sp³-hybridized carbons (Fsp3) is 0.625. The van der Waals surface area contributed by atoms with Crippen molar-refractivity contribution in [2.45, 2.75) is 71.0 Å². The summed E-state index contributed by atoms with van der Waals surface area (Å²) >= 11 is 0. The standard InChI is InChI=1S/C24H33N3O3/c1-24(2,3)27-15-19(12-21(27)28)25-22(29)17-10-8-16(9-11-17)13-26-14-18-6-4-5-7-20(18)23(26)30/h4-7,16-17,19H,8-15H2,1-3H3,(H,25,29). The number of amides is 3. The van der Waals surface area contributed by atoms with Gasteiger partial charge in [0, 0.05) is 43.1 Å². The third-order valence-electron chi connectivity index (χ3n) is 6.87. The number of hydrogen-bond donors (Lipinski definition) is 1. The van der Waals surface area contributed by atoms with Gasteiger partial charge in [0.15, 0.2) is 0 Å². The molecule has 1 N–H and O–H groups in total. The number of carbonyl (C=O) groups is 3. The van der Waals surface area contributed by atoms with Crippen LogP contribution in [0.3, 0.4) is 0 Å². The van der Waals surface area contributed by atoms with Crippen LogP contribution in [-0.2, 0) is 16.1 Å². The number of likely N-dealkylation sites (tertiary alicyclic amines) is 1. The van der Waals surface area contributed by atoms with Gasteiger partial charge in [-0.15, -0.1) is 0 Å². The van der Waals surface area contributed by atoms with Crippen LogP contribution in [0.4, 0.5) is 0 Å². The first-order chi connectivity index (χ1) is 14.2. The predicted molar refractivity (Wildman–Crippen MR) is 115 cm³/mol. The van der Waals surface area contributed by atoms with Crippen molar-refractivity contribution in [3.8, 4) is 0 Å². The van der Waals surface area contributed by atoms with Gasteiger partial charge in [-0.2, -0.15) is 0 Å². The molecule has 0 aromatic heterocycles. The van der Waals surface area contributed by atoms with E-state index in [1.807, 2.05) is 54.8 Å². The van der Waals surface area contributed by atoms with Crippen LogP contribution in [0.1, 0.15) is 68.8 Å². The van der Waals surface area contributed by atoms with E-state index in [0.29, 0.717) is 25.4 Å². The first-order valence-electron chi connectivity index (χ1n) is 11.2. The first-order valence-corrected chi connectivity index (χ1v) is 11.2. The third kappa shape index (κ3) is 4.23. The van der Waals surface area contributed by atoms with E-state index in [0.717, 1.165) is 43.4 Å². The average molecular weight is 412 g/mol. The van der Waals surface area contributed by atoms with Crippen LogP contribution in [0.15, 0.2) is 24.3 Å². The molecular formula is C24H33N3O3. The number of nitrogens with one attached hydrogen (secondary N) is 1. The molecule has 1 aliphatic carbocycles. The topological polar surface area (TPSA) is 69.7 Å². The molecule has 1 unspecified atom stereocenters. The van der Waals surface area contributed by atoms with Crippen molar-refractivity contribution < 1.29 is 14.4 Å². The summed E-state index contributed by atoms with van der Waals surface area (Å²) < 4.78 is 0. The summed E-state index contributed by atoms with van der Waals surface area (Å²) in [5, 5.41) is 3.12. The van der Waals surface area contributed by atoms with Gasteiger partial charge in [-0.05, 0) is 64.0 Å². The summed E-state index contributed by atoms with van der Waals surface area (Å²) in [4.78, 5) is 41.4. The van der Waals surface area contributed by atoms with Crippen molar-refractivity contribution in [2.24, 2.45) is 11.8 Å². The second kappa shape index (κ2) is 8.05. The Balaban J connectivity index is 1.24. The Labute approximate surface area is 179 Å². The number of hydrogen-bond acceptors (Lipinski definition) is 3. The van der Waals surface area contributed by atoms with Crippen LogP contribution in [0.5, 0.6) is 0 Å². The molecular weight excluding hydrogens is 378 g/mol. The summed E-state index contributed by atoms with van der Waals surface area (Å²) in [6.45, 7) is 8.16. The molecule has 6 nitrogen and oxygen atoms in total. The zero-order valence-corrected chi connectivity index (χ0v) is 18.3. The van der Waals surface area contributed by atoms with Crippen LogP contribution in [-0.4, -0.2) is 52.2 Å². The van der Waals surface area contributed by atoms with E-state index in [4.69, 9.17) is 0 Å². The van der Waals surface area contributed by atoms with Crippen LogP contribution in [0, 0.1) is 11.8 Å². The monoisotopic (exact) mass is 411 g/mol. The molecule has 0 bridgehead atoms. The highest BCUT2D eigenvalue weighted by molar-refractivity contribution is 5.98. The highest BCUT2D eigenvalue weighted by Gasteiger charge is 2.38. The lowest BCUT2D eigenvalue weighted by Crippen LogP contribution is -2.45. The maximum absolute atomic E-state index is 12.8. The van der Waals surface area contributed by atoms with E-state index in [1.165, 1.54) is 0 Å². The highest BCUT2D eigenvalue weighted by Crippen LogP contribution is 2.32. The van der Waals surface area contributed by atoms with E-state index in [1.54, 1.807) is 0 Å². The molecule has 1 aromatic rings. The van der Waals surface area contributed by atoms with Crippen molar-refractivity contribution in [3.63, 3.8) is 0 Å². The number of nitrogens with zero attached hydrogens (tertiary/aromatic N) is 2. The minimum Gasteiger partial charge on any atom is -0.351 e. The second-order valence-corrected chi connectivity index (χ2v) is 10.1. The molecule has 30 heavy (non-hydrogen) atoms. The van der Waals surface area contributed by atoms with Gasteiger partial charge in [-0.25, -0.2) is 0 Å². The molecule has 1 atom stereocenters. The van der Waals surface area contributed by atoms with Gasteiger partial charge in [0.05, 0.1) is 6.04 Å². The first kappa shape index (κ1) is 20.9. The number of fused-ring (bicyclic) bond motifs is 1. The lowest BCUT2D eigenvalue weighted by Gasteiger charge is -2.33. The van der Waals surface area contributed by atoms with Crippen molar-refractivity contribution in [3.05, 3.63) is 35.4 Å². The molecule has 0 radical (unpaired) electrons. The highest BCUT2D eigenvalue weighted by atomic mass is 16.2. The number of rotatable bonds is 4. The van der Waals surface area contributed by atoms with Crippen molar-refractivity contribution in [1.29, 1.82) is 0 Å². The SMILES string of the molecule is CC(C)(C)N1CC(NC(=O)C2CCC(CN3Cc4ccccc4C3=O)CC2)CC1=O. The van der Waals surface area contributed by atoms with Gasteiger partial charge < -0.3 is 15.1 Å². The number of carbonyl (C=O) groups excluding carboxylic acids is 3. The molecule has 2 heterocycles. The Kier molecular flexibility index (Phi) is 5.60. The van der Waals surface area contributed by atoms with Crippen LogP contribution < -0.4 is 5.32 Å². The minimum absolute atomic E-state index is 0.0199. The Bertz CT molecular complexity index is 836. The van der Waals surface area contributed by atoms with Gasteiger partial charge in [0.25, 0.3) is 5.91 Å². The molecule has 2 fully saturated rings. The fourth-order valence-electron chi connectivity index (χ4n) is 5.15. The zero-order chi connectivity index (χ0) is 21.5. The van der Waals surface area contributed by atoms with Crippen LogP contribution in [0.2, 0.25) is 0 Å². The molecule has 1 saturated carbocycles. The van der Waals surface area contributed by atoms with Crippen LogP contribution >= 0.6 is 0 Å². The molecule has 4 rings (SSSR count). The van der Waals surface area contributed by atoms with Gasteiger partial charge >= 0.3 is 0 Å². The molecule has 3 amide bonds. The Morgan fingerprint density at radius 3 is 2.43 bits per heavy atom. The normalized spacial score (nSPS) is 26.8. The predicted octanol–water partition coefficient (Wildman–Crippen LogP) is 2.96. The average Bonchev–Trinajstić information content (AvgIpc) is 3.22. The minimum atomic E-state index is -0.207. The Morgan fingerprint density at radius 1 is 1.10 bits per heavy atom. The van der Waals surface area contributed by atoms with E-state index in [2.05, 4.69) is 5.32 Å². The lowest BCUT2D eigenvalue weighted by molar-refractivity contribution is -0.131. The largest absolute Gasteiger partial charge is 0.351 e. The van der Waals surface area contributed by atoms with Crippen LogP contribution in [0.25, 0.3) is 0 Å². The molecule has 0 spiro atoms. The van der Waals surface area contributed by atoms with E-state index < -0.39 is 0 Å². The molecule has 1 saturated heterocycles.